The second-order valence-electron chi connectivity index (χ2n) is 8.17. The van der Waals surface area contributed by atoms with Gasteiger partial charge in [0.1, 0.15) is 0 Å². The van der Waals surface area contributed by atoms with Gasteiger partial charge in [-0.2, -0.15) is 0 Å². The molecule has 2 aliphatic carbocycles. The number of ether oxygens (including phenoxy) is 2. The molecule has 20 heavy (non-hydrogen) atoms. The monoisotopic (exact) mass is 278 g/mol. The van der Waals surface area contributed by atoms with E-state index in [1.165, 1.54) is 0 Å². The van der Waals surface area contributed by atoms with Crippen LogP contribution >= 0.6 is 0 Å². The lowest BCUT2D eigenvalue weighted by Crippen LogP contribution is -2.68. The molecule has 4 bridgehead atoms. The van der Waals surface area contributed by atoms with Crippen LogP contribution in [-0.2, 0) is 9.47 Å². The van der Waals surface area contributed by atoms with E-state index < -0.39 is 5.60 Å². The summed E-state index contributed by atoms with van der Waals surface area (Å²) in [5.74, 6) is 0.741. The first-order chi connectivity index (χ1) is 9.33. The van der Waals surface area contributed by atoms with E-state index in [2.05, 4.69) is 27.4 Å². The van der Waals surface area contributed by atoms with Gasteiger partial charge in [0.15, 0.2) is 0 Å². The first kappa shape index (κ1) is 13.3. The molecule has 4 fully saturated rings. The average molecular weight is 278 g/mol. The van der Waals surface area contributed by atoms with Crippen molar-refractivity contribution in [3.05, 3.63) is 12.7 Å². The Morgan fingerprint density at radius 1 is 1.25 bits per heavy atom. The molecule has 1 N–H and O–H groups in total. The first-order valence-electron chi connectivity index (χ1n) is 7.98. The maximum atomic E-state index is 11.6. The lowest BCUT2D eigenvalue weighted by molar-refractivity contribution is -0.234. The van der Waals surface area contributed by atoms with Crippen LogP contribution in [0, 0.1) is 23.2 Å². The van der Waals surface area contributed by atoms with Crippen LogP contribution in [0.15, 0.2) is 12.7 Å². The Kier molecular flexibility index (Phi) is 2.45. The maximum Gasteiger partial charge on any atom is 0.0813 e. The second-order valence-corrected chi connectivity index (χ2v) is 8.17. The van der Waals surface area contributed by atoms with Gasteiger partial charge >= 0.3 is 0 Å². The van der Waals surface area contributed by atoms with E-state index in [-0.39, 0.29) is 35.1 Å². The van der Waals surface area contributed by atoms with E-state index in [1.807, 2.05) is 6.08 Å². The number of rotatable bonds is 1. The molecule has 0 aromatic heterocycles. The summed E-state index contributed by atoms with van der Waals surface area (Å²) in [6.45, 7) is 11.3. The van der Waals surface area contributed by atoms with Crippen molar-refractivity contribution in [1.29, 1.82) is 0 Å². The van der Waals surface area contributed by atoms with E-state index in [9.17, 15) is 5.11 Å². The molecule has 112 valence electrons. The molecular formula is C17H26O3. The predicted octanol–water partition coefficient (Wildman–Crippen LogP) is 2.53. The summed E-state index contributed by atoms with van der Waals surface area (Å²) >= 11 is 0. The van der Waals surface area contributed by atoms with Crippen molar-refractivity contribution in [3.63, 3.8) is 0 Å². The summed E-state index contributed by atoms with van der Waals surface area (Å²) in [6.07, 6.45) is 5.04. The summed E-state index contributed by atoms with van der Waals surface area (Å²) in [4.78, 5) is 0. The van der Waals surface area contributed by atoms with Crippen molar-refractivity contribution >= 4 is 0 Å². The topological polar surface area (TPSA) is 38.7 Å². The Morgan fingerprint density at radius 2 is 2.00 bits per heavy atom. The molecule has 3 nitrogen and oxygen atoms in total. The quantitative estimate of drug-likeness (QED) is 0.749. The van der Waals surface area contributed by atoms with Crippen LogP contribution in [0.25, 0.3) is 0 Å². The lowest BCUT2D eigenvalue weighted by atomic mass is 9.47. The van der Waals surface area contributed by atoms with Crippen molar-refractivity contribution in [2.24, 2.45) is 23.2 Å². The molecule has 2 saturated heterocycles. The van der Waals surface area contributed by atoms with Crippen LogP contribution in [0.1, 0.15) is 40.0 Å². The average Bonchev–Trinajstić information content (AvgIpc) is 2.65. The van der Waals surface area contributed by atoms with Crippen molar-refractivity contribution in [2.45, 2.75) is 63.4 Å². The molecule has 5 unspecified atom stereocenters. The van der Waals surface area contributed by atoms with Crippen LogP contribution < -0.4 is 0 Å². The van der Waals surface area contributed by atoms with Crippen LogP contribution in [0.3, 0.4) is 0 Å². The zero-order valence-corrected chi connectivity index (χ0v) is 12.8. The fourth-order valence-electron chi connectivity index (χ4n) is 5.74. The van der Waals surface area contributed by atoms with E-state index in [4.69, 9.17) is 9.47 Å². The molecule has 0 aromatic rings. The highest BCUT2D eigenvalue weighted by molar-refractivity contribution is 5.23. The third-order valence-electron chi connectivity index (χ3n) is 7.08. The van der Waals surface area contributed by atoms with Crippen LogP contribution in [0.2, 0.25) is 0 Å². The zero-order valence-electron chi connectivity index (χ0n) is 12.8. The normalized spacial score (nSPS) is 59.3. The predicted molar refractivity (Wildman–Crippen MR) is 76.3 cm³/mol. The standard InChI is InChI=1S/C17H26O3/c1-5-11-13-14-12-6-7-15(2,3)17(14,18)8-10(9-19-11)16(13,4)20-12/h5,10-14,18H,1,6-9H2,2-4H3/t10?,11?,12-,13?,14?,16?,17+/m1/s1. The first-order valence-corrected chi connectivity index (χ1v) is 7.98. The molecule has 0 radical (unpaired) electrons. The second kappa shape index (κ2) is 3.68. The third-order valence-corrected chi connectivity index (χ3v) is 7.08. The van der Waals surface area contributed by atoms with Gasteiger partial charge in [0.05, 0.1) is 30.0 Å². The van der Waals surface area contributed by atoms with E-state index in [1.54, 1.807) is 0 Å². The van der Waals surface area contributed by atoms with Gasteiger partial charge in [0.25, 0.3) is 0 Å². The Morgan fingerprint density at radius 3 is 2.70 bits per heavy atom. The maximum absolute atomic E-state index is 11.6. The number of hydrogen-bond acceptors (Lipinski definition) is 3. The minimum absolute atomic E-state index is 0.0203. The van der Waals surface area contributed by atoms with Crippen LogP contribution in [0.4, 0.5) is 0 Å². The fourth-order valence-corrected chi connectivity index (χ4v) is 5.74. The summed E-state index contributed by atoms with van der Waals surface area (Å²) in [6, 6.07) is 0. The van der Waals surface area contributed by atoms with Gasteiger partial charge < -0.3 is 14.6 Å². The Bertz CT molecular complexity index is 459. The Balaban J connectivity index is 1.87. The number of hydrogen-bond donors (Lipinski definition) is 1. The Hall–Kier alpha value is -0.380. The molecular weight excluding hydrogens is 252 g/mol. The van der Waals surface area contributed by atoms with Crippen LogP contribution in [-0.4, -0.2) is 35.1 Å². The highest BCUT2D eigenvalue weighted by Gasteiger charge is 2.73. The van der Waals surface area contributed by atoms with E-state index in [0.717, 1.165) is 19.3 Å². The van der Waals surface area contributed by atoms with Gasteiger partial charge in [-0.05, 0) is 31.6 Å². The van der Waals surface area contributed by atoms with Crippen molar-refractivity contribution in [2.75, 3.05) is 6.61 Å². The van der Waals surface area contributed by atoms with Gasteiger partial charge in [-0.3, -0.25) is 0 Å². The zero-order chi connectivity index (χ0) is 14.3. The lowest BCUT2D eigenvalue weighted by Gasteiger charge is -2.61. The summed E-state index contributed by atoms with van der Waals surface area (Å²) in [5.41, 5.74) is -0.797. The van der Waals surface area contributed by atoms with Crippen LogP contribution in [0.5, 0.6) is 0 Å². The van der Waals surface area contributed by atoms with E-state index in [0.29, 0.717) is 12.5 Å². The van der Waals surface area contributed by atoms with Gasteiger partial charge in [0, 0.05) is 17.8 Å². The van der Waals surface area contributed by atoms with E-state index >= 15 is 0 Å². The molecule has 0 spiro atoms. The smallest absolute Gasteiger partial charge is 0.0813 e. The van der Waals surface area contributed by atoms with Crippen molar-refractivity contribution in [1.82, 2.24) is 0 Å². The molecule has 4 aliphatic rings. The highest BCUT2D eigenvalue weighted by atomic mass is 16.5. The van der Waals surface area contributed by atoms with Gasteiger partial charge in [-0.1, -0.05) is 19.9 Å². The SMILES string of the molecule is C=CC1OCC2C[C@]3(O)C4C1C2(C)O[C@@H]4CCC3(C)C. The molecule has 7 atom stereocenters. The summed E-state index contributed by atoms with van der Waals surface area (Å²) < 4.78 is 12.5. The van der Waals surface area contributed by atoms with Crippen molar-refractivity contribution in [3.8, 4) is 0 Å². The molecule has 0 aromatic carbocycles. The molecule has 2 aliphatic heterocycles. The minimum atomic E-state index is -0.619. The van der Waals surface area contributed by atoms with Gasteiger partial charge in [-0.25, -0.2) is 0 Å². The summed E-state index contributed by atoms with van der Waals surface area (Å²) in [7, 11) is 0. The molecule has 3 heteroatoms. The summed E-state index contributed by atoms with van der Waals surface area (Å²) in [5, 5.41) is 11.6. The third kappa shape index (κ3) is 1.28. The fraction of sp³-hybridized carbons (Fsp3) is 0.882. The van der Waals surface area contributed by atoms with Gasteiger partial charge in [-0.15, -0.1) is 6.58 Å². The molecule has 2 saturated carbocycles. The highest BCUT2D eigenvalue weighted by Crippen LogP contribution is 2.67. The molecule has 0 amide bonds. The largest absolute Gasteiger partial charge is 0.389 e. The molecule has 2 heterocycles. The molecule has 4 rings (SSSR count). The Labute approximate surface area is 121 Å². The minimum Gasteiger partial charge on any atom is -0.389 e. The van der Waals surface area contributed by atoms with Gasteiger partial charge in [0.2, 0.25) is 0 Å². The number of aliphatic hydroxyl groups is 1. The van der Waals surface area contributed by atoms with Crippen molar-refractivity contribution < 1.29 is 14.6 Å².